The predicted octanol–water partition coefficient (Wildman–Crippen LogP) is 3.18. The molecule has 2 heteroatoms. The van der Waals surface area contributed by atoms with Gasteiger partial charge in [0.1, 0.15) is 0 Å². The van der Waals surface area contributed by atoms with E-state index in [1.165, 1.54) is 0 Å². The molecule has 1 aromatic carbocycles. The van der Waals surface area contributed by atoms with Crippen molar-refractivity contribution in [3.05, 3.63) is 66.1 Å². The molecule has 2 aromatic rings. The van der Waals surface area contributed by atoms with Crippen LogP contribution in [-0.2, 0) is 0 Å². The quantitative estimate of drug-likeness (QED) is 0.560. The molecule has 0 unspecified atom stereocenters. The van der Waals surface area contributed by atoms with Crippen LogP contribution in [0, 0.1) is 0 Å². The topological polar surface area (TPSA) is 30.2 Å². The lowest BCUT2D eigenvalue weighted by Gasteiger charge is -1.92. The summed E-state index contributed by atoms with van der Waals surface area (Å²) in [6.07, 6.45) is 6.44. The Morgan fingerprint density at radius 3 is 2.60 bits per heavy atom. The third-order valence-corrected chi connectivity index (χ3v) is 2.03. The van der Waals surface area contributed by atoms with Gasteiger partial charge in [-0.3, -0.25) is 4.79 Å². The summed E-state index contributed by atoms with van der Waals surface area (Å²) < 4.78 is 4.89. The minimum Gasteiger partial charge on any atom is -0.472 e. The van der Waals surface area contributed by atoms with E-state index in [0.717, 1.165) is 5.56 Å². The van der Waals surface area contributed by atoms with Crippen LogP contribution in [0.4, 0.5) is 0 Å². The van der Waals surface area contributed by atoms with Crippen LogP contribution in [0.3, 0.4) is 0 Å². The van der Waals surface area contributed by atoms with Crippen molar-refractivity contribution >= 4 is 11.9 Å². The van der Waals surface area contributed by atoms with E-state index in [9.17, 15) is 4.79 Å². The summed E-state index contributed by atoms with van der Waals surface area (Å²) in [5.74, 6) is -0.00296. The zero-order chi connectivity index (χ0) is 10.5. The van der Waals surface area contributed by atoms with Gasteiger partial charge in [-0.05, 0) is 18.2 Å². The molecule has 0 aliphatic carbocycles. The lowest BCUT2D eigenvalue weighted by atomic mass is 10.1. The van der Waals surface area contributed by atoms with Gasteiger partial charge in [0.05, 0.1) is 12.5 Å². The van der Waals surface area contributed by atoms with Crippen LogP contribution >= 0.6 is 0 Å². The molecule has 0 atom stereocenters. The molecule has 0 N–H and O–H groups in total. The maximum atomic E-state index is 11.6. The lowest BCUT2D eigenvalue weighted by molar-refractivity contribution is 0.104. The van der Waals surface area contributed by atoms with Gasteiger partial charge in [0.2, 0.25) is 0 Å². The fourth-order valence-corrected chi connectivity index (χ4v) is 1.24. The van der Waals surface area contributed by atoms with Gasteiger partial charge in [0.15, 0.2) is 5.78 Å². The van der Waals surface area contributed by atoms with Gasteiger partial charge >= 0.3 is 0 Å². The van der Waals surface area contributed by atoms with Gasteiger partial charge in [0.25, 0.3) is 0 Å². The van der Waals surface area contributed by atoms with Crippen LogP contribution in [0.1, 0.15) is 15.9 Å². The summed E-state index contributed by atoms with van der Waals surface area (Å²) in [6.45, 7) is 0. The number of hydrogen-bond acceptors (Lipinski definition) is 2. The molecule has 0 amide bonds. The van der Waals surface area contributed by atoms with Crippen LogP contribution < -0.4 is 0 Å². The van der Waals surface area contributed by atoms with Crippen molar-refractivity contribution in [1.29, 1.82) is 0 Å². The number of allylic oxidation sites excluding steroid dienone is 1. The monoisotopic (exact) mass is 198 g/mol. The second-order valence-corrected chi connectivity index (χ2v) is 3.12. The number of carbonyl (C=O) groups excluding carboxylic acids is 1. The first-order chi connectivity index (χ1) is 7.36. The fraction of sp³-hybridized carbons (Fsp3) is 0. The Labute approximate surface area is 87.8 Å². The first-order valence-electron chi connectivity index (χ1n) is 4.66. The first kappa shape index (κ1) is 9.46. The summed E-state index contributed by atoms with van der Waals surface area (Å²) in [5, 5.41) is 0. The summed E-state index contributed by atoms with van der Waals surface area (Å²) in [5.41, 5.74) is 1.58. The molecular weight excluding hydrogens is 188 g/mol. The van der Waals surface area contributed by atoms with Crippen LogP contribution in [0.15, 0.2) is 59.4 Å². The normalized spacial score (nSPS) is 10.7. The molecule has 15 heavy (non-hydrogen) atoms. The summed E-state index contributed by atoms with van der Waals surface area (Å²) >= 11 is 0. The molecule has 2 rings (SSSR count). The van der Waals surface area contributed by atoms with E-state index in [0.29, 0.717) is 5.56 Å². The Kier molecular flexibility index (Phi) is 2.79. The lowest BCUT2D eigenvalue weighted by Crippen LogP contribution is -1.92. The van der Waals surface area contributed by atoms with E-state index in [1.807, 2.05) is 18.2 Å². The van der Waals surface area contributed by atoms with E-state index >= 15 is 0 Å². The third kappa shape index (κ3) is 2.44. The Morgan fingerprint density at radius 1 is 1.13 bits per heavy atom. The number of carbonyl (C=O) groups is 1. The van der Waals surface area contributed by atoms with Crippen molar-refractivity contribution in [1.82, 2.24) is 0 Å². The molecule has 0 aliphatic heterocycles. The smallest absolute Gasteiger partial charge is 0.185 e. The Morgan fingerprint density at radius 2 is 1.93 bits per heavy atom. The molecule has 1 aromatic heterocycles. The van der Waals surface area contributed by atoms with Gasteiger partial charge in [-0.25, -0.2) is 0 Å². The maximum Gasteiger partial charge on any atom is 0.185 e. The highest BCUT2D eigenvalue weighted by Crippen LogP contribution is 2.05. The van der Waals surface area contributed by atoms with Gasteiger partial charge < -0.3 is 4.42 Å². The van der Waals surface area contributed by atoms with Crippen LogP contribution in [0.2, 0.25) is 0 Å². The Balaban J connectivity index is 2.11. The highest BCUT2D eigenvalue weighted by molar-refractivity contribution is 6.06. The SMILES string of the molecule is O=C(C=Cc1ccoc1)c1ccccc1. The molecule has 0 aliphatic rings. The standard InChI is InChI=1S/C13H10O2/c14-13(12-4-2-1-3-5-12)7-6-11-8-9-15-10-11/h1-10H. The van der Waals surface area contributed by atoms with Gasteiger partial charge in [0, 0.05) is 11.1 Å². The Hall–Kier alpha value is -2.09. The number of hydrogen-bond donors (Lipinski definition) is 0. The van der Waals surface area contributed by atoms with Crippen LogP contribution in [0.5, 0.6) is 0 Å². The van der Waals surface area contributed by atoms with Crippen molar-refractivity contribution in [2.24, 2.45) is 0 Å². The molecule has 0 bridgehead atoms. The van der Waals surface area contributed by atoms with E-state index < -0.39 is 0 Å². The average Bonchev–Trinajstić information content (AvgIpc) is 2.80. The molecule has 0 spiro atoms. The van der Waals surface area contributed by atoms with E-state index in [2.05, 4.69) is 0 Å². The molecule has 0 radical (unpaired) electrons. The number of furan rings is 1. The van der Waals surface area contributed by atoms with Gasteiger partial charge in [-0.1, -0.05) is 30.3 Å². The van der Waals surface area contributed by atoms with Gasteiger partial charge in [-0.15, -0.1) is 0 Å². The van der Waals surface area contributed by atoms with Crippen molar-refractivity contribution < 1.29 is 9.21 Å². The fourth-order valence-electron chi connectivity index (χ4n) is 1.24. The second-order valence-electron chi connectivity index (χ2n) is 3.12. The molecule has 74 valence electrons. The van der Waals surface area contributed by atoms with Crippen LogP contribution in [-0.4, -0.2) is 5.78 Å². The third-order valence-electron chi connectivity index (χ3n) is 2.03. The van der Waals surface area contributed by atoms with E-state index in [4.69, 9.17) is 4.42 Å². The predicted molar refractivity (Wildman–Crippen MR) is 58.5 cm³/mol. The van der Waals surface area contributed by atoms with E-state index in [1.54, 1.807) is 42.9 Å². The zero-order valence-electron chi connectivity index (χ0n) is 8.09. The van der Waals surface area contributed by atoms with E-state index in [-0.39, 0.29) is 5.78 Å². The van der Waals surface area contributed by atoms with Crippen molar-refractivity contribution in [3.63, 3.8) is 0 Å². The molecular formula is C13H10O2. The molecule has 2 nitrogen and oxygen atoms in total. The summed E-state index contributed by atoms with van der Waals surface area (Å²) in [7, 11) is 0. The average molecular weight is 198 g/mol. The van der Waals surface area contributed by atoms with Crippen LogP contribution in [0.25, 0.3) is 6.08 Å². The zero-order valence-corrected chi connectivity index (χ0v) is 8.09. The van der Waals surface area contributed by atoms with Crippen molar-refractivity contribution in [2.45, 2.75) is 0 Å². The molecule has 0 saturated carbocycles. The minimum absolute atomic E-state index is 0.00296. The van der Waals surface area contributed by atoms with Crippen molar-refractivity contribution in [2.75, 3.05) is 0 Å². The molecule has 1 heterocycles. The molecule has 0 saturated heterocycles. The Bertz CT molecular complexity index is 453. The molecule has 0 fully saturated rings. The number of benzene rings is 1. The number of ketones is 1. The van der Waals surface area contributed by atoms with Crippen molar-refractivity contribution in [3.8, 4) is 0 Å². The summed E-state index contributed by atoms with van der Waals surface area (Å²) in [4.78, 5) is 11.6. The first-order valence-corrected chi connectivity index (χ1v) is 4.66. The summed E-state index contributed by atoms with van der Waals surface area (Å²) in [6, 6.07) is 11.0. The highest BCUT2D eigenvalue weighted by Gasteiger charge is 1.99. The number of rotatable bonds is 3. The highest BCUT2D eigenvalue weighted by atomic mass is 16.3. The second kappa shape index (κ2) is 4.42. The largest absolute Gasteiger partial charge is 0.472 e. The maximum absolute atomic E-state index is 11.6. The minimum atomic E-state index is -0.00296. The van der Waals surface area contributed by atoms with Gasteiger partial charge in [-0.2, -0.15) is 0 Å².